The van der Waals surface area contributed by atoms with Crippen LogP contribution in [0.3, 0.4) is 0 Å². The van der Waals surface area contributed by atoms with Gasteiger partial charge in [-0.25, -0.2) is 4.99 Å². The number of nitrogens with zero attached hydrogens (tertiary/aromatic N) is 3. The van der Waals surface area contributed by atoms with Gasteiger partial charge in [0.05, 0.1) is 48.9 Å². The Morgan fingerprint density at radius 3 is 2.55 bits per heavy atom. The number of morpholine rings is 1. The number of aliphatic imine (C=N–C) groups is 1. The van der Waals surface area contributed by atoms with Crippen LogP contribution >= 0.6 is 47.4 Å². The fourth-order valence-electron chi connectivity index (χ4n) is 3.94. The van der Waals surface area contributed by atoms with Gasteiger partial charge >= 0.3 is 0 Å². The summed E-state index contributed by atoms with van der Waals surface area (Å²) in [5, 5.41) is 3.54. The van der Waals surface area contributed by atoms with Gasteiger partial charge in [-0.3, -0.25) is 19.4 Å². The molecule has 4 rings (SSSR count). The maximum Gasteiger partial charge on any atom is 0.242 e. The van der Waals surface area contributed by atoms with Gasteiger partial charge in [-0.15, -0.1) is 12.4 Å². The second kappa shape index (κ2) is 14.3. The van der Waals surface area contributed by atoms with E-state index in [1.165, 1.54) is 18.9 Å². The molecule has 0 radical (unpaired) electrons. The Bertz CT molecular complexity index is 1180. The van der Waals surface area contributed by atoms with Gasteiger partial charge in [-0.2, -0.15) is 0 Å². The molecule has 0 aromatic heterocycles. The number of carbonyl (C=O) groups excluding carboxylic acids is 2. The first-order chi connectivity index (χ1) is 17.9. The molecule has 206 valence electrons. The Hall–Kier alpha value is -2.21. The van der Waals surface area contributed by atoms with E-state index in [0.717, 1.165) is 13.1 Å². The smallest absolute Gasteiger partial charge is 0.242 e. The number of amides is 2. The zero-order chi connectivity index (χ0) is 26.4. The zero-order valence-corrected chi connectivity index (χ0v) is 24.1. The van der Waals surface area contributed by atoms with Gasteiger partial charge in [-0.05, 0) is 30.3 Å². The van der Waals surface area contributed by atoms with Gasteiger partial charge < -0.3 is 19.5 Å². The zero-order valence-electron chi connectivity index (χ0n) is 20.9. The van der Waals surface area contributed by atoms with E-state index >= 15 is 0 Å². The predicted octanol–water partition coefficient (Wildman–Crippen LogP) is 4.72. The Kier molecular flexibility index (Phi) is 11.4. The van der Waals surface area contributed by atoms with Crippen molar-refractivity contribution in [2.45, 2.75) is 11.7 Å². The predicted molar refractivity (Wildman–Crippen MR) is 154 cm³/mol. The molecule has 1 atom stereocenters. The minimum atomic E-state index is -0.622. The second-order valence-electron chi connectivity index (χ2n) is 8.36. The molecular weight excluding hydrogens is 575 g/mol. The Morgan fingerprint density at radius 1 is 1.11 bits per heavy atom. The van der Waals surface area contributed by atoms with Crippen LogP contribution in [0.25, 0.3) is 0 Å². The van der Waals surface area contributed by atoms with Gasteiger partial charge in [0.15, 0.2) is 5.17 Å². The normalized spacial score (nSPS) is 18.8. The molecule has 2 fully saturated rings. The molecule has 9 nitrogen and oxygen atoms in total. The lowest BCUT2D eigenvalue weighted by molar-refractivity contribution is -0.128. The average molecular weight is 604 g/mol. The number of anilines is 1. The van der Waals surface area contributed by atoms with E-state index < -0.39 is 5.25 Å². The van der Waals surface area contributed by atoms with Crippen molar-refractivity contribution >= 4 is 75.7 Å². The van der Waals surface area contributed by atoms with Crippen LogP contribution in [-0.2, 0) is 14.3 Å². The number of ether oxygens (including phenoxy) is 3. The van der Waals surface area contributed by atoms with Crippen LogP contribution in [0.2, 0.25) is 10.0 Å². The van der Waals surface area contributed by atoms with E-state index in [0.29, 0.717) is 64.4 Å². The number of rotatable bonds is 9. The standard InChI is InChI=1S/C25H28Cl2N4O5S.ClH/c1-34-17-4-6-21(35-2)20(14-17)29-23(32)15-22-24(33)31(8-7-30-9-11-36-12-10-30)25(37-22)28-16-3-5-18(26)19(27)13-16;/h3-6,13-14,22H,7-12,15H2,1-2H3,(H,29,32);1H. The summed E-state index contributed by atoms with van der Waals surface area (Å²) < 4.78 is 16.0. The van der Waals surface area contributed by atoms with Crippen LogP contribution < -0.4 is 14.8 Å². The van der Waals surface area contributed by atoms with Crippen molar-refractivity contribution in [3.05, 3.63) is 46.4 Å². The van der Waals surface area contributed by atoms with E-state index in [9.17, 15) is 9.59 Å². The maximum atomic E-state index is 13.4. The van der Waals surface area contributed by atoms with Crippen molar-refractivity contribution in [2.75, 3.05) is 58.9 Å². The molecule has 2 amide bonds. The number of hydrogen-bond donors (Lipinski definition) is 1. The number of hydrogen-bond acceptors (Lipinski definition) is 8. The first-order valence-corrected chi connectivity index (χ1v) is 13.3. The van der Waals surface area contributed by atoms with Crippen LogP contribution in [0, 0.1) is 0 Å². The SMILES string of the molecule is COc1ccc(OC)c(NC(=O)CC2SC(=Nc3ccc(Cl)c(Cl)c3)N(CCN3CCOCC3)C2=O)c1.Cl. The summed E-state index contributed by atoms with van der Waals surface area (Å²) in [6.07, 6.45) is -0.0295. The van der Waals surface area contributed by atoms with Crippen LogP contribution in [-0.4, -0.2) is 85.6 Å². The van der Waals surface area contributed by atoms with Crippen molar-refractivity contribution in [1.29, 1.82) is 0 Å². The summed E-state index contributed by atoms with van der Waals surface area (Å²) >= 11 is 13.5. The quantitative estimate of drug-likeness (QED) is 0.443. The van der Waals surface area contributed by atoms with Crippen molar-refractivity contribution < 1.29 is 23.8 Å². The third-order valence-corrected chi connectivity index (χ3v) is 7.86. The summed E-state index contributed by atoms with van der Waals surface area (Å²) in [5.41, 5.74) is 1.04. The summed E-state index contributed by atoms with van der Waals surface area (Å²) in [6, 6.07) is 10.2. The molecule has 0 saturated carbocycles. The van der Waals surface area contributed by atoms with Crippen LogP contribution in [0.1, 0.15) is 6.42 Å². The molecule has 2 aliphatic rings. The molecule has 1 N–H and O–H groups in total. The van der Waals surface area contributed by atoms with Crippen LogP contribution in [0.15, 0.2) is 41.4 Å². The van der Waals surface area contributed by atoms with Crippen molar-refractivity contribution in [3.63, 3.8) is 0 Å². The van der Waals surface area contributed by atoms with Gasteiger partial charge in [0.2, 0.25) is 11.8 Å². The number of methoxy groups -OCH3 is 2. The monoisotopic (exact) mass is 602 g/mol. The highest BCUT2D eigenvalue weighted by Crippen LogP contribution is 2.34. The summed E-state index contributed by atoms with van der Waals surface area (Å²) in [7, 11) is 3.06. The largest absolute Gasteiger partial charge is 0.497 e. The molecule has 0 bridgehead atoms. The number of carbonyl (C=O) groups is 2. The molecule has 0 aliphatic carbocycles. The van der Waals surface area contributed by atoms with Gasteiger partial charge in [0.1, 0.15) is 16.7 Å². The van der Waals surface area contributed by atoms with E-state index in [4.69, 9.17) is 37.4 Å². The fraction of sp³-hybridized carbons (Fsp3) is 0.400. The molecule has 2 aliphatic heterocycles. The van der Waals surface area contributed by atoms with Crippen molar-refractivity contribution in [2.24, 2.45) is 4.99 Å². The highest BCUT2D eigenvalue weighted by molar-refractivity contribution is 8.15. The number of halogens is 3. The number of benzene rings is 2. The van der Waals surface area contributed by atoms with Crippen molar-refractivity contribution in [1.82, 2.24) is 9.80 Å². The Morgan fingerprint density at radius 2 is 1.87 bits per heavy atom. The molecule has 38 heavy (non-hydrogen) atoms. The lowest BCUT2D eigenvalue weighted by atomic mass is 10.2. The third-order valence-electron chi connectivity index (χ3n) is 5.94. The molecule has 13 heteroatoms. The van der Waals surface area contributed by atoms with Crippen LogP contribution in [0.4, 0.5) is 11.4 Å². The summed E-state index contributed by atoms with van der Waals surface area (Å²) in [6.45, 7) is 4.09. The minimum absolute atomic E-state index is 0. The van der Waals surface area contributed by atoms with Crippen LogP contribution in [0.5, 0.6) is 11.5 Å². The molecule has 0 spiro atoms. The first kappa shape index (κ1) is 30.3. The lowest BCUT2D eigenvalue weighted by Crippen LogP contribution is -2.43. The molecule has 2 aromatic rings. The third kappa shape index (κ3) is 7.68. The van der Waals surface area contributed by atoms with Crippen molar-refractivity contribution in [3.8, 4) is 11.5 Å². The van der Waals surface area contributed by atoms with Gasteiger partial charge in [-0.1, -0.05) is 35.0 Å². The van der Waals surface area contributed by atoms with E-state index in [1.54, 1.807) is 48.4 Å². The fourth-order valence-corrected chi connectivity index (χ4v) is 5.42. The molecule has 2 saturated heterocycles. The highest BCUT2D eigenvalue weighted by Gasteiger charge is 2.39. The number of nitrogens with one attached hydrogen (secondary N) is 1. The average Bonchev–Trinajstić information content (AvgIpc) is 3.18. The van der Waals surface area contributed by atoms with E-state index in [-0.39, 0.29) is 30.6 Å². The minimum Gasteiger partial charge on any atom is -0.497 e. The van der Waals surface area contributed by atoms with Gasteiger partial charge in [0, 0.05) is 38.7 Å². The molecule has 2 aromatic carbocycles. The summed E-state index contributed by atoms with van der Waals surface area (Å²) in [5.74, 6) is 0.590. The summed E-state index contributed by atoms with van der Waals surface area (Å²) in [4.78, 5) is 34.9. The second-order valence-corrected chi connectivity index (χ2v) is 10.3. The number of thioether (sulfide) groups is 1. The lowest BCUT2D eigenvalue weighted by Gasteiger charge is -2.28. The topological polar surface area (TPSA) is 92.7 Å². The van der Waals surface area contributed by atoms with E-state index in [2.05, 4.69) is 15.2 Å². The number of amidine groups is 1. The molecular formula is C25H29Cl3N4O5S. The Balaban J connectivity index is 0.00000400. The van der Waals surface area contributed by atoms with Gasteiger partial charge in [0.25, 0.3) is 0 Å². The van der Waals surface area contributed by atoms with E-state index in [1.807, 2.05) is 0 Å². The first-order valence-electron chi connectivity index (χ1n) is 11.7. The highest BCUT2D eigenvalue weighted by atomic mass is 35.5. The molecule has 1 unspecified atom stereocenters. The maximum absolute atomic E-state index is 13.4. The molecule has 2 heterocycles. The Labute approximate surface area is 242 Å².